The van der Waals surface area contributed by atoms with Gasteiger partial charge in [0.05, 0.1) is 0 Å². The second-order valence-corrected chi connectivity index (χ2v) is 6.13. The van der Waals surface area contributed by atoms with E-state index >= 15 is 0 Å². The van der Waals surface area contributed by atoms with Gasteiger partial charge in [-0.15, -0.1) is 0 Å². The van der Waals surface area contributed by atoms with E-state index in [0.29, 0.717) is 0 Å². The first-order valence-electron chi connectivity index (χ1n) is 8.65. The standard InChI is InChI=1S/C24H22FN/c1-18-17-23(26-2)16-13-19(18)9-6-10-24(20-7-4-3-5-8-20)21-11-14-22(25)15-12-21/h3-17,26H,1-2H3. The van der Waals surface area contributed by atoms with Crippen molar-refractivity contribution >= 4 is 17.3 Å². The molecule has 0 atom stereocenters. The van der Waals surface area contributed by atoms with Crippen LogP contribution in [0.1, 0.15) is 22.3 Å². The van der Waals surface area contributed by atoms with E-state index in [1.54, 1.807) is 0 Å². The summed E-state index contributed by atoms with van der Waals surface area (Å²) in [5, 5.41) is 3.15. The minimum absolute atomic E-state index is 0.225. The minimum Gasteiger partial charge on any atom is -0.388 e. The number of anilines is 1. The first-order valence-corrected chi connectivity index (χ1v) is 8.65. The Bertz CT molecular complexity index is 922. The van der Waals surface area contributed by atoms with Crippen LogP contribution >= 0.6 is 0 Å². The summed E-state index contributed by atoms with van der Waals surface area (Å²) in [6.07, 6.45) is 6.22. The van der Waals surface area contributed by atoms with Crippen LogP contribution < -0.4 is 5.32 Å². The fraction of sp³-hybridized carbons (Fsp3) is 0.0833. The van der Waals surface area contributed by atoms with E-state index in [0.717, 1.165) is 22.4 Å². The first-order chi connectivity index (χ1) is 12.7. The van der Waals surface area contributed by atoms with Crippen molar-refractivity contribution in [2.75, 3.05) is 12.4 Å². The third-order valence-corrected chi connectivity index (χ3v) is 4.34. The molecular weight excluding hydrogens is 321 g/mol. The Morgan fingerprint density at radius 3 is 2.23 bits per heavy atom. The number of nitrogens with one attached hydrogen (secondary N) is 1. The van der Waals surface area contributed by atoms with Crippen molar-refractivity contribution in [1.82, 2.24) is 0 Å². The second kappa shape index (κ2) is 8.30. The van der Waals surface area contributed by atoms with Gasteiger partial charge in [0, 0.05) is 12.7 Å². The molecule has 0 bridgehead atoms. The molecule has 1 N–H and O–H groups in total. The normalized spacial score (nSPS) is 11.7. The highest BCUT2D eigenvalue weighted by molar-refractivity contribution is 5.81. The van der Waals surface area contributed by atoms with E-state index in [4.69, 9.17) is 0 Å². The number of allylic oxidation sites excluding steroid dienone is 2. The molecular formula is C24H22FN. The molecule has 0 amide bonds. The lowest BCUT2D eigenvalue weighted by Crippen LogP contribution is -1.90. The molecule has 0 saturated heterocycles. The van der Waals surface area contributed by atoms with Crippen molar-refractivity contribution in [2.45, 2.75) is 6.92 Å². The van der Waals surface area contributed by atoms with Crippen LogP contribution in [0.3, 0.4) is 0 Å². The van der Waals surface area contributed by atoms with Gasteiger partial charge in [-0.1, -0.05) is 66.8 Å². The third kappa shape index (κ3) is 4.28. The Labute approximate surface area is 154 Å². The molecule has 3 aromatic carbocycles. The Morgan fingerprint density at radius 2 is 1.58 bits per heavy atom. The molecule has 0 radical (unpaired) electrons. The quantitative estimate of drug-likeness (QED) is 0.534. The van der Waals surface area contributed by atoms with Crippen molar-refractivity contribution in [3.05, 3.63) is 113 Å². The number of benzene rings is 3. The molecule has 1 nitrogen and oxygen atoms in total. The van der Waals surface area contributed by atoms with Gasteiger partial charge in [-0.2, -0.15) is 0 Å². The smallest absolute Gasteiger partial charge is 0.123 e. The van der Waals surface area contributed by atoms with Crippen LogP contribution in [0, 0.1) is 12.7 Å². The van der Waals surface area contributed by atoms with Crippen LogP contribution in [-0.4, -0.2) is 7.05 Å². The van der Waals surface area contributed by atoms with Crippen LogP contribution in [0.5, 0.6) is 0 Å². The fourth-order valence-corrected chi connectivity index (χ4v) is 2.87. The van der Waals surface area contributed by atoms with E-state index in [-0.39, 0.29) is 5.82 Å². The third-order valence-electron chi connectivity index (χ3n) is 4.34. The lowest BCUT2D eigenvalue weighted by Gasteiger charge is -2.08. The summed E-state index contributed by atoms with van der Waals surface area (Å²) in [5.41, 5.74) is 6.64. The highest BCUT2D eigenvalue weighted by Gasteiger charge is 2.04. The zero-order chi connectivity index (χ0) is 18.4. The van der Waals surface area contributed by atoms with E-state index in [1.165, 1.54) is 23.3 Å². The lowest BCUT2D eigenvalue weighted by molar-refractivity contribution is 0.627. The topological polar surface area (TPSA) is 12.0 Å². The molecule has 0 fully saturated rings. The maximum Gasteiger partial charge on any atom is 0.123 e. The van der Waals surface area contributed by atoms with Gasteiger partial charge in [-0.05, 0) is 59.0 Å². The summed E-state index contributed by atoms with van der Waals surface area (Å²) in [6.45, 7) is 2.10. The van der Waals surface area contributed by atoms with Gasteiger partial charge >= 0.3 is 0 Å². The predicted octanol–water partition coefficient (Wildman–Crippen LogP) is 6.32. The van der Waals surface area contributed by atoms with Gasteiger partial charge in [0.15, 0.2) is 0 Å². The van der Waals surface area contributed by atoms with E-state index in [1.807, 2.05) is 43.5 Å². The zero-order valence-electron chi connectivity index (χ0n) is 15.0. The van der Waals surface area contributed by atoms with Crippen LogP contribution in [0.25, 0.3) is 11.6 Å². The van der Waals surface area contributed by atoms with Crippen LogP contribution in [0.15, 0.2) is 84.9 Å². The summed E-state index contributed by atoms with van der Waals surface area (Å²) in [6, 6.07) is 23.1. The Hall–Kier alpha value is -3.13. The molecule has 2 heteroatoms. The van der Waals surface area contributed by atoms with Gasteiger partial charge < -0.3 is 5.32 Å². The molecule has 3 aromatic rings. The summed E-state index contributed by atoms with van der Waals surface area (Å²) >= 11 is 0. The van der Waals surface area contributed by atoms with Crippen molar-refractivity contribution < 1.29 is 4.39 Å². The van der Waals surface area contributed by atoms with Gasteiger partial charge in [-0.3, -0.25) is 0 Å². The maximum atomic E-state index is 13.3. The molecule has 0 saturated carbocycles. The highest BCUT2D eigenvalue weighted by atomic mass is 19.1. The summed E-state index contributed by atoms with van der Waals surface area (Å²) in [4.78, 5) is 0. The predicted molar refractivity (Wildman–Crippen MR) is 110 cm³/mol. The molecule has 0 spiro atoms. The van der Waals surface area contributed by atoms with Gasteiger partial charge in [0.2, 0.25) is 0 Å². The van der Waals surface area contributed by atoms with Gasteiger partial charge in [-0.25, -0.2) is 4.39 Å². The molecule has 0 unspecified atom stereocenters. The number of hydrogen-bond acceptors (Lipinski definition) is 1. The molecule has 0 aliphatic carbocycles. The molecule has 0 aromatic heterocycles. The Kier molecular flexibility index (Phi) is 5.65. The lowest BCUT2D eigenvalue weighted by atomic mass is 9.97. The van der Waals surface area contributed by atoms with Gasteiger partial charge in [0.1, 0.15) is 5.82 Å². The largest absolute Gasteiger partial charge is 0.388 e. The first kappa shape index (κ1) is 17.7. The maximum absolute atomic E-state index is 13.3. The monoisotopic (exact) mass is 343 g/mol. The molecule has 0 aliphatic heterocycles. The summed E-state index contributed by atoms with van der Waals surface area (Å²) in [7, 11) is 1.92. The molecule has 130 valence electrons. The fourth-order valence-electron chi connectivity index (χ4n) is 2.87. The summed E-state index contributed by atoms with van der Waals surface area (Å²) < 4.78 is 13.3. The molecule has 0 heterocycles. The number of aryl methyl sites for hydroxylation is 1. The van der Waals surface area contributed by atoms with Crippen molar-refractivity contribution in [3.63, 3.8) is 0 Å². The second-order valence-electron chi connectivity index (χ2n) is 6.13. The average molecular weight is 343 g/mol. The van der Waals surface area contributed by atoms with E-state index < -0.39 is 0 Å². The molecule has 26 heavy (non-hydrogen) atoms. The highest BCUT2D eigenvalue weighted by Crippen LogP contribution is 2.24. The van der Waals surface area contributed by atoms with Crippen molar-refractivity contribution in [2.24, 2.45) is 0 Å². The molecule has 0 aliphatic rings. The SMILES string of the molecule is CNc1ccc(C=CC=C(c2ccccc2)c2ccc(F)cc2)c(C)c1. The average Bonchev–Trinajstić information content (AvgIpc) is 2.68. The Morgan fingerprint density at radius 1 is 0.885 bits per heavy atom. The Balaban J connectivity index is 1.95. The van der Waals surface area contributed by atoms with E-state index in [9.17, 15) is 4.39 Å². The van der Waals surface area contributed by atoms with Crippen molar-refractivity contribution in [3.8, 4) is 0 Å². The van der Waals surface area contributed by atoms with Gasteiger partial charge in [0.25, 0.3) is 0 Å². The van der Waals surface area contributed by atoms with Crippen LogP contribution in [-0.2, 0) is 0 Å². The zero-order valence-corrected chi connectivity index (χ0v) is 15.0. The van der Waals surface area contributed by atoms with Crippen LogP contribution in [0.4, 0.5) is 10.1 Å². The molecule has 3 rings (SSSR count). The van der Waals surface area contributed by atoms with Crippen LogP contribution in [0.2, 0.25) is 0 Å². The number of rotatable bonds is 5. The van der Waals surface area contributed by atoms with E-state index in [2.05, 4.69) is 54.7 Å². The number of hydrogen-bond donors (Lipinski definition) is 1. The minimum atomic E-state index is -0.225. The van der Waals surface area contributed by atoms with Crippen molar-refractivity contribution in [1.29, 1.82) is 0 Å². The summed E-state index contributed by atoms with van der Waals surface area (Å²) in [5.74, 6) is -0.225. The number of halogens is 1.